The van der Waals surface area contributed by atoms with Crippen LogP contribution in [0.3, 0.4) is 0 Å². The molecule has 0 radical (unpaired) electrons. The predicted molar refractivity (Wildman–Crippen MR) is 304 cm³/mol. The maximum atomic E-state index is 13.0. The van der Waals surface area contributed by atoms with Crippen LogP contribution in [0.4, 0.5) is 0 Å². The van der Waals surface area contributed by atoms with Crippen LogP contribution in [0.15, 0.2) is 36.5 Å². The topological polar surface area (TPSA) is 105 Å². The molecule has 0 heterocycles. The number of rotatable bonds is 56. The third-order valence-electron chi connectivity index (χ3n) is 13.8. The third-order valence-corrected chi connectivity index (χ3v) is 14.8. The Labute approximate surface area is 436 Å². The number of carbonyl (C=O) groups is 1. The molecule has 0 saturated carbocycles. The minimum absolute atomic E-state index is 0.0565. The van der Waals surface area contributed by atoms with Crippen molar-refractivity contribution >= 4 is 13.7 Å². The van der Waals surface area contributed by atoms with Gasteiger partial charge in [-0.2, -0.15) is 0 Å². The summed E-state index contributed by atoms with van der Waals surface area (Å²) in [6, 6.07) is -0.864. The van der Waals surface area contributed by atoms with Crippen molar-refractivity contribution in [3.05, 3.63) is 36.5 Å². The van der Waals surface area contributed by atoms with Gasteiger partial charge in [0.15, 0.2) is 0 Å². The van der Waals surface area contributed by atoms with Crippen LogP contribution in [0.25, 0.3) is 0 Å². The first-order valence-corrected chi connectivity index (χ1v) is 31.9. The Kier molecular flexibility index (Phi) is 51.6. The van der Waals surface area contributed by atoms with Crippen LogP contribution in [0, 0.1) is 0 Å². The van der Waals surface area contributed by atoms with Gasteiger partial charge < -0.3 is 19.8 Å². The van der Waals surface area contributed by atoms with Gasteiger partial charge in [0, 0.05) is 6.42 Å². The number of unbranched alkanes of at least 4 members (excludes halogenated alkanes) is 39. The number of nitrogens with zero attached hydrogens (tertiary/aromatic N) is 1. The smallest absolute Gasteiger partial charge is 0.387 e. The molecule has 0 aliphatic heterocycles. The molecule has 8 nitrogen and oxygen atoms in total. The first-order chi connectivity index (χ1) is 34.0. The van der Waals surface area contributed by atoms with Crippen LogP contribution in [-0.4, -0.2) is 73.4 Å². The average molecular weight is 1010 g/mol. The van der Waals surface area contributed by atoms with E-state index >= 15 is 0 Å². The van der Waals surface area contributed by atoms with Crippen LogP contribution < -0.4 is 5.32 Å². The Hall–Kier alpha value is -1.28. The molecule has 0 aromatic rings. The molecule has 0 rings (SSSR count). The summed E-state index contributed by atoms with van der Waals surface area (Å²) in [5, 5.41) is 13.9. The maximum Gasteiger partial charge on any atom is 0.472 e. The highest BCUT2D eigenvalue weighted by Gasteiger charge is 2.27. The maximum absolute atomic E-state index is 13.0. The SMILES string of the molecule is CCCCCCCC/C=C\CCCCCCCCCCCC(=O)NC(COP(=O)(O)OCC[N+](C)(C)C)C(O)/C=C/CC/C=C/CCCCCCCCCCCCCCCCCCCCCCCCC. The van der Waals surface area contributed by atoms with Gasteiger partial charge in [-0.15, -0.1) is 0 Å². The van der Waals surface area contributed by atoms with Crippen molar-refractivity contribution in [2.45, 2.75) is 309 Å². The molecule has 70 heavy (non-hydrogen) atoms. The molecule has 0 fully saturated rings. The Morgan fingerprint density at radius 3 is 1.14 bits per heavy atom. The lowest BCUT2D eigenvalue weighted by Crippen LogP contribution is -2.45. The number of phosphoric ester groups is 1. The number of quaternary nitrogens is 1. The molecule has 9 heteroatoms. The lowest BCUT2D eigenvalue weighted by atomic mass is 10.0. The van der Waals surface area contributed by atoms with E-state index in [1.54, 1.807) is 6.08 Å². The van der Waals surface area contributed by atoms with Gasteiger partial charge >= 0.3 is 7.82 Å². The summed E-state index contributed by atoms with van der Waals surface area (Å²) >= 11 is 0. The summed E-state index contributed by atoms with van der Waals surface area (Å²) in [4.78, 5) is 23.3. The lowest BCUT2D eigenvalue weighted by Gasteiger charge is -2.25. The van der Waals surface area contributed by atoms with Crippen LogP contribution in [-0.2, 0) is 18.4 Å². The number of nitrogens with one attached hydrogen (secondary N) is 1. The minimum atomic E-state index is -4.36. The van der Waals surface area contributed by atoms with Crippen molar-refractivity contribution in [1.82, 2.24) is 5.32 Å². The number of amides is 1. The summed E-state index contributed by atoms with van der Waals surface area (Å²) in [6.07, 6.45) is 68.4. The summed E-state index contributed by atoms with van der Waals surface area (Å²) in [5.74, 6) is -0.186. The number of aliphatic hydroxyl groups is 1. The fourth-order valence-corrected chi connectivity index (χ4v) is 9.79. The van der Waals surface area contributed by atoms with Crippen LogP contribution in [0.2, 0.25) is 0 Å². The Bertz CT molecular complexity index is 1230. The van der Waals surface area contributed by atoms with Crippen LogP contribution in [0.5, 0.6) is 0 Å². The molecule has 1 amide bonds. The summed E-state index contributed by atoms with van der Waals surface area (Å²) < 4.78 is 23.7. The standard InChI is InChI=1S/C61H119N2O6P/c1-6-8-10-12-14-16-18-20-22-24-26-27-28-29-30-31-32-33-34-35-37-38-40-42-44-46-48-50-52-54-60(64)59(58-69-70(66,67)68-57-56-63(3,4)5)62-61(65)55-53-51-49-47-45-43-41-39-36-25-23-21-19-17-15-13-11-9-7-2/h21,23,44,46,52,54,59-60,64H,6-20,22,24-43,45,47-51,53,55-58H2,1-5H3,(H-,62,65,66,67)/p+1/b23-21-,46-44+,54-52+. The van der Waals surface area contributed by atoms with Gasteiger partial charge in [-0.3, -0.25) is 13.8 Å². The summed E-state index contributed by atoms with van der Waals surface area (Å²) in [5.41, 5.74) is 0. The zero-order valence-electron chi connectivity index (χ0n) is 47.3. The van der Waals surface area contributed by atoms with Gasteiger partial charge in [0.05, 0.1) is 39.9 Å². The second kappa shape index (κ2) is 52.6. The molecular weight excluding hydrogens is 888 g/mol. The highest BCUT2D eigenvalue weighted by molar-refractivity contribution is 7.47. The molecule has 0 bridgehead atoms. The Morgan fingerprint density at radius 1 is 0.471 bits per heavy atom. The normalized spacial score (nSPS) is 14.1. The molecule has 0 spiro atoms. The van der Waals surface area contributed by atoms with E-state index in [2.05, 4.69) is 43.5 Å². The number of hydrogen-bond acceptors (Lipinski definition) is 5. The van der Waals surface area contributed by atoms with Crippen LogP contribution >= 0.6 is 7.82 Å². The quantitative estimate of drug-likeness (QED) is 0.0243. The van der Waals surface area contributed by atoms with E-state index in [1.165, 1.54) is 238 Å². The molecule has 3 N–H and O–H groups in total. The molecule has 0 aromatic carbocycles. The first kappa shape index (κ1) is 68.7. The molecule has 3 unspecified atom stereocenters. The number of likely N-dealkylation sites (N-methyl/N-ethyl adjacent to an activating group) is 1. The highest BCUT2D eigenvalue weighted by atomic mass is 31.2. The van der Waals surface area contributed by atoms with Crippen molar-refractivity contribution in [1.29, 1.82) is 0 Å². The van der Waals surface area contributed by atoms with Gasteiger partial charge in [-0.25, -0.2) is 4.57 Å². The number of aliphatic hydroxyl groups excluding tert-OH is 1. The largest absolute Gasteiger partial charge is 0.472 e. The zero-order chi connectivity index (χ0) is 51.3. The average Bonchev–Trinajstić information content (AvgIpc) is 3.32. The molecule has 0 saturated heterocycles. The van der Waals surface area contributed by atoms with Gasteiger partial charge in [-0.05, 0) is 57.8 Å². The number of hydrogen-bond donors (Lipinski definition) is 3. The van der Waals surface area contributed by atoms with E-state index in [1.807, 2.05) is 27.2 Å². The zero-order valence-corrected chi connectivity index (χ0v) is 48.2. The molecule has 0 aliphatic rings. The lowest BCUT2D eigenvalue weighted by molar-refractivity contribution is -0.870. The van der Waals surface area contributed by atoms with Crippen molar-refractivity contribution in [2.24, 2.45) is 0 Å². The minimum Gasteiger partial charge on any atom is -0.387 e. The number of carbonyl (C=O) groups excluding carboxylic acids is 1. The second-order valence-corrected chi connectivity index (χ2v) is 23.5. The molecule has 3 atom stereocenters. The van der Waals surface area contributed by atoms with Gasteiger partial charge in [-0.1, -0.05) is 269 Å². The fourth-order valence-electron chi connectivity index (χ4n) is 9.06. The number of phosphoric acid groups is 1. The van der Waals surface area contributed by atoms with Crippen molar-refractivity contribution in [3.63, 3.8) is 0 Å². The summed E-state index contributed by atoms with van der Waals surface area (Å²) in [6.45, 7) is 4.83. The van der Waals surface area contributed by atoms with E-state index in [4.69, 9.17) is 9.05 Å². The molecular formula is C61H120N2O6P+. The highest BCUT2D eigenvalue weighted by Crippen LogP contribution is 2.43. The molecule has 0 aromatic heterocycles. The second-order valence-electron chi connectivity index (χ2n) is 22.1. The van der Waals surface area contributed by atoms with Crippen molar-refractivity contribution < 1.29 is 32.9 Å². The monoisotopic (exact) mass is 1010 g/mol. The Balaban J connectivity index is 4.18. The predicted octanol–water partition coefficient (Wildman–Crippen LogP) is 18.5. The first-order valence-electron chi connectivity index (χ1n) is 30.4. The van der Waals surface area contributed by atoms with Crippen molar-refractivity contribution in [3.8, 4) is 0 Å². The van der Waals surface area contributed by atoms with Gasteiger partial charge in [0.1, 0.15) is 13.2 Å². The molecule has 414 valence electrons. The summed E-state index contributed by atoms with van der Waals surface area (Å²) in [7, 11) is 1.56. The van der Waals surface area contributed by atoms with Crippen LogP contribution in [0.1, 0.15) is 296 Å². The van der Waals surface area contributed by atoms with E-state index in [0.29, 0.717) is 17.4 Å². The van der Waals surface area contributed by atoms with E-state index in [-0.39, 0.29) is 19.1 Å². The third kappa shape index (κ3) is 54.5. The molecule has 0 aliphatic carbocycles. The van der Waals surface area contributed by atoms with Gasteiger partial charge in [0.25, 0.3) is 0 Å². The van der Waals surface area contributed by atoms with E-state index in [0.717, 1.165) is 38.5 Å². The Morgan fingerprint density at radius 2 is 0.786 bits per heavy atom. The van der Waals surface area contributed by atoms with Gasteiger partial charge in [0.2, 0.25) is 5.91 Å². The number of allylic oxidation sites excluding steroid dienone is 5. The van der Waals surface area contributed by atoms with E-state index in [9.17, 15) is 19.4 Å². The fraction of sp³-hybridized carbons (Fsp3) is 0.885. The van der Waals surface area contributed by atoms with E-state index < -0.39 is 20.0 Å². The van der Waals surface area contributed by atoms with Crippen molar-refractivity contribution in [2.75, 3.05) is 40.9 Å².